The third-order valence-electron chi connectivity index (χ3n) is 2.40. The van der Waals surface area contributed by atoms with Gasteiger partial charge in [0.25, 0.3) is 0 Å². The predicted octanol–water partition coefficient (Wildman–Crippen LogP) is 4.97. The zero-order chi connectivity index (χ0) is 14.5. The summed E-state index contributed by atoms with van der Waals surface area (Å²) in [6.07, 6.45) is 0. The largest absolute Gasteiger partial charge is 0.324 e. The number of hydrogen-bond acceptors (Lipinski definition) is 2. The Hall–Kier alpha value is -1.04. The van der Waals surface area contributed by atoms with E-state index in [0.717, 1.165) is 16.2 Å². The van der Waals surface area contributed by atoms with Crippen molar-refractivity contribution in [3.05, 3.63) is 57.8 Å². The van der Waals surface area contributed by atoms with Crippen LogP contribution in [0.15, 0.2) is 51.8 Å². The minimum Gasteiger partial charge on any atom is -0.324 e. The standard InChI is InChI=1S/C14H10BrClFNOS/c15-9-5-6-12(10(16)7-9)18-14(19)8-20-13-4-2-1-3-11(13)17/h1-7H,8H2,(H,18,19). The third-order valence-corrected chi connectivity index (χ3v) is 4.26. The van der Waals surface area contributed by atoms with Crippen LogP contribution in [0.2, 0.25) is 5.02 Å². The zero-order valence-corrected chi connectivity index (χ0v) is 13.4. The van der Waals surface area contributed by atoms with Gasteiger partial charge in [0.2, 0.25) is 5.91 Å². The number of nitrogens with one attached hydrogen (secondary N) is 1. The molecule has 0 unspecified atom stereocenters. The van der Waals surface area contributed by atoms with E-state index in [1.807, 2.05) is 0 Å². The Morgan fingerprint density at radius 2 is 2.05 bits per heavy atom. The number of benzene rings is 2. The molecule has 0 saturated carbocycles. The molecule has 20 heavy (non-hydrogen) atoms. The second-order valence-electron chi connectivity index (χ2n) is 3.89. The van der Waals surface area contributed by atoms with Crippen LogP contribution in [0, 0.1) is 5.82 Å². The summed E-state index contributed by atoms with van der Waals surface area (Å²) in [5, 5.41) is 3.14. The highest BCUT2D eigenvalue weighted by Crippen LogP contribution is 2.26. The van der Waals surface area contributed by atoms with Gasteiger partial charge in [-0.1, -0.05) is 39.7 Å². The van der Waals surface area contributed by atoms with Crippen LogP contribution in [-0.2, 0) is 4.79 Å². The number of halogens is 3. The van der Waals surface area contributed by atoms with Crippen LogP contribution < -0.4 is 5.32 Å². The fourth-order valence-corrected chi connectivity index (χ4v) is 2.94. The molecule has 0 spiro atoms. The van der Waals surface area contributed by atoms with Gasteiger partial charge in [0, 0.05) is 9.37 Å². The maximum atomic E-state index is 13.4. The van der Waals surface area contributed by atoms with Crippen molar-refractivity contribution in [3.8, 4) is 0 Å². The lowest BCUT2D eigenvalue weighted by Crippen LogP contribution is -2.14. The fourth-order valence-electron chi connectivity index (χ4n) is 1.48. The van der Waals surface area contributed by atoms with Gasteiger partial charge < -0.3 is 5.32 Å². The topological polar surface area (TPSA) is 29.1 Å². The van der Waals surface area contributed by atoms with Crippen LogP contribution in [0.4, 0.5) is 10.1 Å². The van der Waals surface area contributed by atoms with Crippen molar-refractivity contribution in [2.75, 3.05) is 11.1 Å². The van der Waals surface area contributed by atoms with E-state index in [1.54, 1.807) is 36.4 Å². The second kappa shape index (κ2) is 7.11. The van der Waals surface area contributed by atoms with Gasteiger partial charge >= 0.3 is 0 Å². The van der Waals surface area contributed by atoms with Crippen molar-refractivity contribution in [2.24, 2.45) is 0 Å². The van der Waals surface area contributed by atoms with Crippen LogP contribution in [0.5, 0.6) is 0 Å². The first-order valence-corrected chi connectivity index (χ1v) is 7.84. The summed E-state index contributed by atoms with van der Waals surface area (Å²) in [4.78, 5) is 12.3. The van der Waals surface area contributed by atoms with Crippen molar-refractivity contribution in [1.29, 1.82) is 0 Å². The van der Waals surface area contributed by atoms with Crippen LogP contribution in [0.3, 0.4) is 0 Å². The molecule has 0 radical (unpaired) electrons. The van der Waals surface area contributed by atoms with Crippen molar-refractivity contribution >= 4 is 50.9 Å². The molecule has 0 aliphatic carbocycles. The first kappa shape index (κ1) is 15.4. The first-order chi connectivity index (χ1) is 9.56. The second-order valence-corrected chi connectivity index (χ2v) is 6.23. The Bertz CT molecular complexity index is 638. The molecule has 0 aliphatic heterocycles. The van der Waals surface area contributed by atoms with Crippen LogP contribution in [-0.4, -0.2) is 11.7 Å². The molecular weight excluding hydrogens is 365 g/mol. The minimum atomic E-state index is -0.327. The summed E-state index contributed by atoms with van der Waals surface area (Å²) in [6, 6.07) is 11.5. The van der Waals surface area contributed by atoms with Crippen molar-refractivity contribution in [2.45, 2.75) is 4.90 Å². The molecule has 2 aromatic rings. The van der Waals surface area contributed by atoms with Crippen LogP contribution >= 0.6 is 39.3 Å². The number of amides is 1. The smallest absolute Gasteiger partial charge is 0.234 e. The Kier molecular flexibility index (Phi) is 5.46. The molecule has 0 atom stereocenters. The van der Waals surface area contributed by atoms with E-state index in [-0.39, 0.29) is 17.5 Å². The molecule has 6 heteroatoms. The van der Waals surface area contributed by atoms with Crippen molar-refractivity contribution in [1.82, 2.24) is 0 Å². The first-order valence-electron chi connectivity index (χ1n) is 5.68. The van der Waals surface area contributed by atoms with E-state index in [1.165, 1.54) is 6.07 Å². The Morgan fingerprint density at radius 1 is 1.30 bits per heavy atom. The van der Waals surface area contributed by atoms with Gasteiger partial charge in [-0.3, -0.25) is 4.79 Å². The average Bonchev–Trinajstić information content (AvgIpc) is 2.41. The maximum absolute atomic E-state index is 13.4. The van der Waals surface area contributed by atoms with E-state index < -0.39 is 0 Å². The number of anilines is 1. The predicted molar refractivity (Wildman–Crippen MR) is 84.9 cm³/mol. The molecule has 2 aromatic carbocycles. The zero-order valence-electron chi connectivity index (χ0n) is 10.2. The van der Waals surface area contributed by atoms with E-state index in [4.69, 9.17) is 11.6 Å². The van der Waals surface area contributed by atoms with Gasteiger partial charge in [-0.15, -0.1) is 11.8 Å². The van der Waals surface area contributed by atoms with Crippen molar-refractivity contribution < 1.29 is 9.18 Å². The van der Waals surface area contributed by atoms with E-state index in [2.05, 4.69) is 21.2 Å². The Labute approximate surface area is 133 Å². The number of thioether (sulfide) groups is 1. The van der Waals surface area contributed by atoms with Gasteiger partial charge in [0.15, 0.2) is 0 Å². The molecule has 0 aromatic heterocycles. The summed E-state index contributed by atoms with van der Waals surface area (Å²) in [7, 11) is 0. The lowest BCUT2D eigenvalue weighted by Gasteiger charge is -2.07. The fraction of sp³-hybridized carbons (Fsp3) is 0.0714. The number of hydrogen-bond donors (Lipinski definition) is 1. The molecular formula is C14H10BrClFNOS. The summed E-state index contributed by atoms with van der Waals surface area (Å²) in [6.45, 7) is 0. The van der Waals surface area contributed by atoms with Gasteiger partial charge in [-0.2, -0.15) is 0 Å². The quantitative estimate of drug-likeness (QED) is 0.765. The highest BCUT2D eigenvalue weighted by atomic mass is 79.9. The SMILES string of the molecule is O=C(CSc1ccccc1F)Nc1ccc(Br)cc1Cl. The van der Waals surface area contributed by atoms with Gasteiger partial charge in [0.1, 0.15) is 5.82 Å². The third kappa shape index (κ3) is 4.23. The average molecular weight is 375 g/mol. The van der Waals surface area contributed by atoms with Crippen LogP contribution in [0.1, 0.15) is 0 Å². The lowest BCUT2D eigenvalue weighted by atomic mass is 10.3. The summed E-state index contributed by atoms with van der Waals surface area (Å²) >= 11 is 10.4. The Balaban J connectivity index is 1.94. The van der Waals surface area contributed by atoms with E-state index >= 15 is 0 Å². The number of carbonyl (C=O) groups is 1. The molecule has 1 amide bonds. The molecule has 2 rings (SSSR count). The Morgan fingerprint density at radius 3 is 2.75 bits per heavy atom. The van der Waals surface area contributed by atoms with Gasteiger partial charge in [0.05, 0.1) is 16.5 Å². The summed E-state index contributed by atoms with van der Waals surface area (Å²) in [5.74, 6) is -0.442. The lowest BCUT2D eigenvalue weighted by molar-refractivity contribution is -0.113. The van der Waals surface area contributed by atoms with Crippen LogP contribution in [0.25, 0.3) is 0 Å². The molecule has 1 N–H and O–H groups in total. The summed E-state index contributed by atoms with van der Waals surface area (Å²) < 4.78 is 14.2. The highest BCUT2D eigenvalue weighted by Gasteiger charge is 2.08. The molecule has 2 nitrogen and oxygen atoms in total. The maximum Gasteiger partial charge on any atom is 0.234 e. The normalized spacial score (nSPS) is 10.3. The molecule has 0 saturated heterocycles. The monoisotopic (exact) mass is 373 g/mol. The van der Waals surface area contributed by atoms with Gasteiger partial charge in [-0.05, 0) is 30.3 Å². The molecule has 104 valence electrons. The van der Waals surface area contributed by atoms with E-state index in [9.17, 15) is 9.18 Å². The highest BCUT2D eigenvalue weighted by molar-refractivity contribution is 9.10. The summed E-state index contributed by atoms with van der Waals surface area (Å²) in [5.41, 5.74) is 0.536. The molecule has 0 bridgehead atoms. The minimum absolute atomic E-state index is 0.118. The molecule has 0 fully saturated rings. The van der Waals surface area contributed by atoms with E-state index in [0.29, 0.717) is 15.6 Å². The molecule has 0 aliphatic rings. The number of carbonyl (C=O) groups excluding carboxylic acids is 1. The number of rotatable bonds is 4. The van der Waals surface area contributed by atoms with Gasteiger partial charge in [-0.25, -0.2) is 4.39 Å². The van der Waals surface area contributed by atoms with Crippen molar-refractivity contribution in [3.63, 3.8) is 0 Å². The molecule has 0 heterocycles.